The van der Waals surface area contributed by atoms with Crippen molar-refractivity contribution in [3.05, 3.63) is 53.5 Å². The number of nitrogens with one attached hydrogen (secondary N) is 2. The molecule has 3 aromatic rings. The molecule has 0 unspecified atom stereocenters. The molecule has 2 aliphatic rings. The zero-order valence-electron chi connectivity index (χ0n) is 25.0. The summed E-state index contributed by atoms with van der Waals surface area (Å²) in [5.74, 6) is 2.97. The summed E-state index contributed by atoms with van der Waals surface area (Å²) in [6.45, 7) is 5.52. The Labute approximate surface area is 257 Å². The minimum Gasteiger partial charge on any atom is -0.395 e. The molecular weight excluding hydrogens is 595 g/mol. The number of carbonyl (C=O) groups is 2. The number of aliphatic hydroxyl groups excluding tert-OH is 2. The molecule has 1 aliphatic heterocycles. The number of benzene rings is 2. The molecule has 13 heteroatoms. The zero-order chi connectivity index (χ0) is 32.6. The summed E-state index contributed by atoms with van der Waals surface area (Å²) in [5.41, 5.74) is -0.198. The minimum absolute atomic E-state index is 0.0259. The number of fused-ring (bicyclic) bond motifs is 2. The standard InChI is InChI=1S/C32H34F3N3O7/c1-4-5-28(41)36-10-11-43-18-30(2,3)27-13-19-12-23(22(33)15-24(19)38(27)16-21(40)17-39)37-29(42)31(8-9-31)20-6-7-25-26(14-20)45-32(34,35)44-25/h6-7,12-15,21,39-40H,8-11,16-18H2,1-3H3,(H,36,41)(H,37,42)/t21-/m1/s1. The Hall–Kier alpha value is -4.25. The molecule has 5 rings (SSSR count). The highest BCUT2D eigenvalue weighted by Gasteiger charge is 2.53. The van der Waals surface area contributed by atoms with Gasteiger partial charge in [-0.3, -0.25) is 9.59 Å². The molecule has 0 spiro atoms. The summed E-state index contributed by atoms with van der Waals surface area (Å²) >= 11 is 0. The molecule has 2 heterocycles. The van der Waals surface area contributed by atoms with Crippen LogP contribution in [0.4, 0.5) is 18.9 Å². The van der Waals surface area contributed by atoms with Gasteiger partial charge in [-0.15, -0.1) is 8.78 Å². The van der Waals surface area contributed by atoms with E-state index in [9.17, 15) is 28.6 Å². The number of hydrogen-bond acceptors (Lipinski definition) is 7. The second-order valence-electron chi connectivity index (χ2n) is 11.8. The maximum absolute atomic E-state index is 15.5. The van der Waals surface area contributed by atoms with Crippen molar-refractivity contribution in [2.24, 2.45) is 0 Å². The fourth-order valence-corrected chi connectivity index (χ4v) is 5.46. The van der Waals surface area contributed by atoms with Gasteiger partial charge < -0.3 is 39.6 Å². The number of hydrogen-bond donors (Lipinski definition) is 4. The molecule has 240 valence electrons. The van der Waals surface area contributed by atoms with E-state index in [0.29, 0.717) is 35.0 Å². The van der Waals surface area contributed by atoms with E-state index in [1.54, 1.807) is 17.6 Å². The van der Waals surface area contributed by atoms with Gasteiger partial charge in [-0.05, 0) is 55.5 Å². The highest BCUT2D eigenvalue weighted by molar-refractivity contribution is 6.03. The summed E-state index contributed by atoms with van der Waals surface area (Å²) in [7, 11) is 0. The average molecular weight is 630 g/mol. The molecule has 2 aromatic carbocycles. The topological polar surface area (TPSA) is 131 Å². The monoisotopic (exact) mass is 629 g/mol. The largest absolute Gasteiger partial charge is 0.586 e. The van der Waals surface area contributed by atoms with E-state index in [-0.39, 0.29) is 43.5 Å². The van der Waals surface area contributed by atoms with Crippen molar-refractivity contribution < 1.29 is 47.2 Å². The Kier molecular flexibility index (Phi) is 8.77. The highest BCUT2D eigenvalue weighted by atomic mass is 19.3. The Bertz CT molecular complexity index is 1690. The van der Waals surface area contributed by atoms with Crippen LogP contribution in [0, 0.1) is 17.7 Å². The number of nitrogens with zero attached hydrogens (tertiary/aromatic N) is 1. The summed E-state index contributed by atoms with van der Waals surface area (Å²) in [6.07, 6.45) is -4.04. The van der Waals surface area contributed by atoms with Crippen LogP contribution >= 0.6 is 0 Å². The maximum atomic E-state index is 15.5. The predicted molar refractivity (Wildman–Crippen MR) is 157 cm³/mol. The summed E-state index contributed by atoms with van der Waals surface area (Å²) in [5, 5.41) is 25.7. The van der Waals surface area contributed by atoms with Gasteiger partial charge in [-0.1, -0.05) is 25.8 Å². The third kappa shape index (κ3) is 6.73. The number of aliphatic hydroxyl groups is 2. The van der Waals surface area contributed by atoms with E-state index in [1.165, 1.54) is 30.3 Å². The van der Waals surface area contributed by atoms with Crippen molar-refractivity contribution in [1.82, 2.24) is 9.88 Å². The third-order valence-corrected chi connectivity index (χ3v) is 7.91. The van der Waals surface area contributed by atoms with Gasteiger partial charge in [-0.25, -0.2) is 4.39 Å². The molecule has 10 nitrogen and oxygen atoms in total. The Balaban J connectivity index is 1.37. The first kappa shape index (κ1) is 32.2. The Morgan fingerprint density at radius 1 is 1.16 bits per heavy atom. The van der Waals surface area contributed by atoms with Gasteiger partial charge in [0.05, 0.1) is 49.1 Å². The first-order valence-corrected chi connectivity index (χ1v) is 14.4. The van der Waals surface area contributed by atoms with Crippen LogP contribution in [0.25, 0.3) is 10.9 Å². The molecule has 1 aromatic heterocycles. The van der Waals surface area contributed by atoms with Crippen LogP contribution in [0.5, 0.6) is 11.5 Å². The van der Waals surface area contributed by atoms with Crippen LogP contribution in [0.3, 0.4) is 0 Å². The van der Waals surface area contributed by atoms with Crippen molar-refractivity contribution in [2.75, 3.05) is 31.7 Å². The quantitative estimate of drug-likeness (QED) is 0.178. The number of amides is 2. The fourth-order valence-electron chi connectivity index (χ4n) is 5.46. The lowest BCUT2D eigenvalue weighted by atomic mass is 9.90. The molecular formula is C32H34F3N3O7. The van der Waals surface area contributed by atoms with Crippen molar-refractivity contribution in [1.29, 1.82) is 0 Å². The second kappa shape index (κ2) is 12.3. The first-order chi connectivity index (χ1) is 21.3. The van der Waals surface area contributed by atoms with Gasteiger partial charge in [-0.2, -0.15) is 0 Å². The van der Waals surface area contributed by atoms with E-state index >= 15 is 4.39 Å². The SMILES string of the molecule is CC#CC(=O)NCCOCC(C)(C)c1cc2cc(NC(=O)C3(c4ccc5c(c4)OC(F)(F)O5)CC3)c(F)cc2n1C[C@@H](O)CO. The summed E-state index contributed by atoms with van der Waals surface area (Å²) in [4.78, 5) is 25.0. The molecule has 0 bridgehead atoms. The number of anilines is 1. The average Bonchev–Trinajstić information content (AvgIpc) is 3.63. The minimum atomic E-state index is -3.79. The van der Waals surface area contributed by atoms with E-state index in [2.05, 4.69) is 31.9 Å². The summed E-state index contributed by atoms with van der Waals surface area (Å²) in [6, 6.07) is 8.73. The maximum Gasteiger partial charge on any atom is 0.586 e. The van der Waals surface area contributed by atoms with Gasteiger partial charge >= 0.3 is 6.29 Å². The van der Waals surface area contributed by atoms with Gasteiger partial charge in [0, 0.05) is 29.1 Å². The van der Waals surface area contributed by atoms with Crippen LogP contribution in [0.1, 0.15) is 44.9 Å². The normalized spacial score (nSPS) is 16.5. The van der Waals surface area contributed by atoms with Gasteiger partial charge in [0.25, 0.3) is 5.91 Å². The molecule has 1 aliphatic carbocycles. The van der Waals surface area contributed by atoms with Crippen molar-refractivity contribution in [3.63, 3.8) is 0 Å². The number of halogens is 3. The number of alkyl halides is 2. The van der Waals surface area contributed by atoms with Gasteiger partial charge in [0.2, 0.25) is 5.91 Å². The smallest absolute Gasteiger partial charge is 0.395 e. The van der Waals surface area contributed by atoms with E-state index in [1.807, 2.05) is 13.8 Å². The van der Waals surface area contributed by atoms with Crippen molar-refractivity contribution in [3.8, 4) is 23.3 Å². The van der Waals surface area contributed by atoms with Crippen molar-refractivity contribution in [2.45, 2.75) is 63.4 Å². The van der Waals surface area contributed by atoms with Crippen LogP contribution in [-0.2, 0) is 31.7 Å². The number of rotatable bonds is 12. The molecule has 0 saturated heterocycles. The lowest BCUT2D eigenvalue weighted by Gasteiger charge is -2.27. The first-order valence-electron chi connectivity index (χ1n) is 14.4. The fraction of sp³-hybridized carbons (Fsp3) is 0.438. The molecule has 1 atom stereocenters. The molecule has 4 N–H and O–H groups in total. The van der Waals surface area contributed by atoms with Gasteiger partial charge in [0.1, 0.15) is 5.82 Å². The lowest BCUT2D eigenvalue weighted by Crippen LogP contribution is -2.32. The van der Waals surface area contributed by atoms with E-state index in [4.69, 9.17) is 4.74 Å². The number of carbonyl (C=O) groups excluding carboxylic acids is 2. The molecule has 0 radical (unpaired) electrons. The number of aromatic nitrogens is 1. The van der Waals surface area contributed by atoms with Crippen LogP contribution in [-0.4, -0.2) is 65.4 Å². The van der Waals surface area contributed by atoms with E-state index in [0.717, 1.165) is 0 Å². The van der Waals surface area contributed by atoms with E-state index < -0.39 is 47.5 Å². The third-order valence-electron chi connectivity index (χ3n) is 7.91. The molecule has 45 heavy (non-hydrogen) atoms. The second-order valence-corrected chi connectivity index (χ2v) is 11.8. The van der Waals surface area contributed by atoms with Crippen LogP contribution < -0.4 is 20.1 Å². The Morgan fingerprint density at radius 3 is 2.58 bits per heavy atom. The zero-order valence-corrected chi connectivity index (χ0v) is 25.0. The number of ether oxygens (including phenoxy) is 3. The highest BCUT2D eigenvalue weighted by Crippen LogP contribution is 2.52. The van der Waals surface area contributed by atoms with Crippen LogP contribution in [0.2, 0.25) is 0 Å². The molecule has 1 saturated carbocycles. The molecule has 1 fully saturated rings. The van der Waals surface area contributed by atoms with Crippen molar-refractivity contribution >= 4 is 28.4 Å². The lowest BCUT2D eigenvalue weighted by molar-refractivity contribution is -0.286. The summed E-state index contributed by atoms with van der Waals surface area (Å²) < 4.78 is 59.1. The molecule has 2 amide bonds. The van der Waals surface area contributed by atoms with Crippen LogP contribution in [0.15, 0.2) is 36.4 Å². The predicted octanol–water partition coefficient (Wildman–Crippen LogP) is 3.56. The van der Waals surface area contributed by atoms with Gasteiger partial charge in [0.15, 0.2) is 11.5 Å². The Morgan fingerprint density at radius 2 is 1.89 bits per heavy atom.